The van der Waals surface area contributed by atoms with E-state index in [0.717, 1.165) is 36.8 Å². The monoisotopic (exact) mass is 428 g/mol. The first kappa shape index (κ1) is 23.9. The van der Waals surface area contributed by atoms with E-state index in [1.165, 1.54) is 0 Å². The van der Waals surface area contributed by atoms with E-state index in [1.807, 2.05) is 32.0 Å². The Bertz CT molecular complexity index is 932. The molecular formula is C25H32O4S. The minimum Gasteiger partial charge on any atom is -0.458 e. The zero-order valence-electron chi connectivity index (χ0n) is 18.1. The molecule has 4 nitrogen and oxygen atoms in total. The summed E-state index contributed by atoms with van der Waals surface area (Å²) in [5, 5.41) is 0. The van der Waals surface area contributed by atoms with Crippen molar-refractivity contribution in [2.45, 2.75) is 63.9 Å². The number of carbonyl (C=O) groups excluding carboxylic acids is 1. The van der Waals surface area contributed by atoms with Gasteiger partial charge in [-0.2, -0.15) is 0 Å². The standard InChI is InChI=1S/C25H32O4S/c1-4-5-8-15-23(29-25(26)22-13-9-6-10-14-22)18-20(2)21(3)19-30(27,28)24-16-11-7-12-17-24/h6-7,9-14,16-17,23H,4-5,8,15,18-19H2,1-3H3/b21-20+. The average Bonchev–Trinajstić information content (AvgIpc) is 2.74. The number of hydrogen-bond donors (Lipinski definition) is 0. The number of carbonyl (C=O) groups is 1. The Morgan fingerprint density at radius 2 is 1.50 bits per heavy atom. The van der Waals surface area contributed by atoms with Gasteiger partial charge in [-0.15, -0.1) is 0 Å². The van der Waals surface area contributed by atoms with Crippen LogP contribution in [0.3, 0.4) is 0 Å². The molecule has 0 spiro atoms. The minimum absolute atomic E-state index is 0.0306. The van der Waals surface area contributed by atoms with Crippen LogP contribution in [0.25, 0.3) is 0 Å². The fourth-order valence-corrected chi connectivity index (χ4v) is 4.81. The molecule has 0 aliphatic rings. The quantitative estimate of drug-likeness (QED) is 0.250. The third-order valence-corrected chi connectivity index (χ3v) is 6.99. The van der Waals surface area contributed by atoms with Crippen LogP contribution < -0.4 is 0 Å². The summed E-state index contributed by atoms with van der Waals surface area (Å²) in [5.41, 5.74) is 2.29. The van der Waals surface area contributed by atoms with E-state index in [9.17, 15) is 13.2 Å². The Morgan fingerprint density at radius 1 is 0.900 bits per heavy atom. The van der Waals surface area contributed by atoms with E-state index in [2.05, 4.69) is 6.92 Å². The van der Waals surface area contributed by atoms with Crippen LogP contribution in [0.1, 0.15) is 63.2 Å². The number of unbranched alkanes of at least 4 members (excludes halogenated alkanes) is 2. The van der Waals surface area contributed by atoms with Gasteiger partial charge in [0.25, 0.3) is 0 Å². The number of benzene rings is 2. The maximum atomic E-state index is 12.7. The second kappa shape index (κ2) is 11.7. The highest BCUT2D eigenvalue weighted by Crippen LogP contribution is 2.22. The average molecular weight is 429 g/mol. The molecule has 0 radical (unpaired) electrons. The molecule has 0 aliphatic heterocycles. The topological polar surface area (TPSA) is 60.4 Å². The number of ether oxygens (including phenoxy) is 1. The predicted octanol–water partition coefficient (Wildman–Crippen LogP) is 5.99. The first-order chi connectivity index (χ1) is 14.3. The van der Waals surface area contributed by atoms with E-state index in [4.69, 9.17) is 4.74 Å². The molecule has 1 atom stereocenters. The molecule has 0 saturated carbocycles. The highest BCUT2D eigenvalue weighted by atomic mass is 32.2. The van der Waals surface area contributed by atoms with Gasteiger partial charge in [-0.25, -0.2) is 13.2 Å². The summed E-state index contributed by atoms with van der Waals surface area (Å²) in [6.07, 6.45) is 4.17. The smallest absolute Gasteiger partial charge is 0.338 e. The normalized spacial score (nSPS) is 13.4. The zero-order valence-corrected chi connectivity index (χ0v) is 19.0. The lowest BCUT2D eigenvalue weighted by molar-refractivity contribution is 0.0277. The number of esters is 1. The van der Waals surface area contributed by atoms with Crippen LogP contribution in [-0.2, 0) is 14.6 Å². The van der Waals surface area contributed by atoms with Crippen LogP contribution in [0.15, 0.2) is 76.7 Å². The van der Waals surface area contributed by atoms with Crippen molar-refractivity contribution >= 4 is 15.8 Å². The van der Waals surface area contributed by atoms with Gasteiger partial charge in [-0.1, -0.05) is 67.3 Å². The Balaban J connectivity index is 2.11. The van der Waals surface area contributed by atoms with E-state index in [-0.39, 0.29) is 17.8 Å². The van der Waals surface area contributed by atoms with Crippen LogP contribution in [0.4, 0.5) is 0 Å². The maximum absolute atomic E-state index is 12.7. The first-order valence-corrected chi connectivity index (χ1v) is 12.2. The molecule has 1 unspecified atom stereocenters. The molecule has 2 rings (SSSR count). The summed E-state index contributed by atoms with van der Waals surface area (Å²) in [6, 6.07) is 17.5. The molecule has 30 heavy (non-hydrogen) atoms. The van der Waals surface area contributed by atoms with E-state index in [0.29, 0.717) is 16.9 Å². The van der Waals surface area contributed by atoms with E-state index in [1.54, 1.807) is 42.5 Å². The molecule has 0 aromatic heterocycles. The minimum atomic E-state index is -3.39. The summed E-state index contributed by atoms with van der Waals surface area (Å²) in [7, 11) is -3.39. The van der Waals surface area contributed by atoms with Crippen molar-refractivity contribution < 1.29 is 17.9 Å². The number of sulfone groups is 1. The van der Waals surface area contributed by atoms with Gasteiger partial charge in [0.1, 0.15) is 6.10 Å². The van der Waals surface area contributed by atoms with Crippen molar-refractivity contribution in [1.82, 2.24) is 0 Å². The van der Waals surface area contributed by atoms with Crippen molar-refractivity contribution in [2.24, 2.45) is 0 Å². The third kappa shape index (κ3) is 7.45. The summed E-state index contributed by atoms with van der Waals surface area (Å²) >= 11 is 0. The van der Waals surface area contributed by atoms with E-state index < -0.39 is 9.84 Å². The second-order valence-corrected chi connectivity index (χ2v) is 9.72. The Labute approximate surface area is 180 Å². The van der Waals surface area contributed by atoms with Crippen LogP contribution >= 0.6 is 0 Å². The van der Waals surface area contributed by atoms with Gasteiger partial charge < -0.3 is 4.74 Å². The van der Waals surface area contributed by atoms with Crippen molar-refractivity contribution in [1.29, 1.82) is 0 Å². The Hall–Kier alpha value is -2.40. The van der Waals surface area contributed by atoms with Gasteiger partial charge in [0.2, 0.25) is 0 Å². The second-order valence-electron chi connectivity index (χ2n) is 7.73. The van der Waals surface area contributed by atoms with Crippen molar-refractivity contribution in [3.05, 3.63) is 77.4 Å². The fourth-order valence-electron chi connectivity index (χ4n) is 3.25. The van der Waals surface area contributed by atoms with Crippen molar-refractivity contribution in [3.63, 3.8) is 0 Å². The zero-order chi connectivity index (χ0) is 22.0. The molecule has 0 amide bonds. The number of hydrogen-bond acceptors (Lipinski definition) is 4. The Morgan fingerprint density at radius 3 is 2.10 bits per heavy atom. The lowest BCUT2D eigenvalue weighted by Crippen LogP contribution is -2.20. The highest BCUT2D eigenvalue weighted by molar-refractivity contribution is 7.91. The molecule has 0 heterocycles. The molecule has 2 aromatic rings. The molecule has 0 aliphatic carbocycles. The highest BCUT2D eigenvalue weighted by Gasteiger charge is 2.20. The van der Waals surface area contributed by atoms with Gasteiger partial charge in [0.05, 0.1) is 16.2 Å². The SMILES string of the molecule is CCCCCC(C/C(C)=C(\C)CS(=O)(=O)c1ccccc1)OC(=O)c1ccccc1. The van der Waals surface area contributed by atoms with E-state index >= 15 is 0 Å². The lowest BCUT2D eigenvalue weighted by Gasteiger charge is -2.20. The third-order valence-electron chi connectivity index (χ3n) is 5.18. The van der Waals surface area contributed by atoms with Crippen LogP contribution in [-0.4, -0.2) is 26.2 Å². The fraction of sp³-hybridized carbons (Fsp3) is 0.400. The van der Waals surface area contributed by atoms with Crippen LogP contribution in [0.5, 0.6) is 0 Å². The molecule has 0 bridgehead atoms. The molecular weight excluding hydrogens is 396 g/mol. The molecule has 162 valence electrons. The maximum Gasteiger partial charge on any atom is 0.338 e. The Kier molecular flexibility index (Phi) is 9.31. The number of rotatable bonds is 11. The van der Waals surface area contributed by atoms with Gasteiger partial charge in [-0.05, 0) is 51.0 Å². The largest absolute Gasteiger partial charge is 0.458 e. The van der Waals surface area contributed by atoms with Gasteiger partial charge in [0.15, 0.2) is 9.84 Å². The van der Waals surface area contributed by atoms with Gasteiger partial charge in [0, 0.05) is 6.42 Å². The first-order valence-electron chi connectivity index (χ1n) is 10.5. The van der Waals surface area contributed by atoms with Crippen LogP contribution in [0.2, 0.25) is 0 Å². The van der Waals surface area contributed by atoms with Crippen molar-refractivity contribution in [3.8, 4) is 0 Å². The molecule has 5 heteroatoms. The van der Waals surface area contributed by atoms with Gasteiger partial charge in [-0.3, -0.25) is 0 Å². The van der Waals surface area contributed by atoms with Gasteiger partial charge >= 0.3 is 5.97 Å². The summed E-state index contributed by atoms with van der Waals surface area (Å²) in [4.78, 5) is 12.8. The lowest BCUT2D eigenvalue weighted by atomic mass is 10.0. The van der Waals surface area contributed by atoms with Crippen molar-refractivity contribution in [2.75, 3.05) is 5.75 Å². The summed E-state index contributed by atoms with van der Waals surface area (Å²) in [5.74, 6) is -0.364. The van der Waals surface area contributed by atoms with Crippen LogP contribution in [0, 0.1) is 0 Å². The molecule has 0 saturated heterocycles. The molecule has 0 N–H and O–H groups in total. The molecule has 0 fully saturated rings. The molecule has 2 aromatic carbocycles. The predicted molar refractivity (Wildman–Crippen MR) is 121 cm³/mol. The summed E-state index contributed by atoms with van der Waals surface area (Å²) in [6.45, 7) is 5.91. The summed E-state index contributed by atoms with van der Waals surface area (Å²) < 4.78 is 31.2.